The van der Waals surface area contributed by atoms with Gasteiger partial charge in [0, 0.05) is 0 Å². The molecule has 0 amide bonds. The van der Waals surface area contributed by atoms with Crippen molar-refractivity contribution in [2.75, 3.05) is 5.73 Å². The quantitative estimate of drug-likeness (QED) is 0.629. The van der Waals surface area contributed by atoms with Crippen LogP contribution < -0.4 is 11.3 Å². The van der Waals surface area contributed by atoms with Crippen LogP contribution >= 0.6 is 11.8 Å². The molecule has 0 aliphatic heterocycles. The molecule has 8 heteroatoms. The second-order valence-electron chi connectivity index (χ2n) is 4.23. The summed E-state index contributed by atoms with van der Waals surface area (Å²) < 4.78 is 0. The van der Waals surface area contributed by atoms with E-state index < -0.39 is 0 Å². The Labute approximate surface area is 118 Å². The summed E-state index contributed by atoms with van der Waals surface area (Å²) in [6.07, 6.45) is 0. The largest absolute Gasteiger partial charge is 0.368 e. The maximum atomic E-state index is 12.0. The third-order valence-corrected chi connectivity index (χ3v) is 3.75. The molecule has 3 rings (SSSR count). The number of anilines is 1. The van der Waals surface area contributed by atoms with Crippen molar-refractivity contribution < 1.29 is 0 Å². The molecule has 0 radical (unpaired) electrons. The minimum atomic E-state index is -0.146. The van der Waals surface area contributed by atoms with Gasteiger partial charge in [0.05, 0.1) is 16.2 Å². The number of rotatable bonds is 3. The van der Waals surface area contributed by atoms with E-state index in [0.717, 1.165) is 0 Å². The molecule has 0 fully saturated rings. The van der Waals surface area contributed by atoms with Crippen molar-refractivity contribution in [2.45, 2.75) is 17.3 Å². The monoisotopic (exact) mass is 288 g/mol. The fraction of sp³-hybridized carbons (Fsp3) is 0.167. The van der Waals surface area contributed by atoms with Crippen molar-refractivity contribution in [3.63, 3.8) is 0 Å². The molecule has 0 bridgehead atoms. The van der Waals surface area contributed by atoms with Gasteiger partial charge in [0.2, 0.25) is 11.1 Å². The molecule has 4 N–H and O–H groups in total. The molecule has 0 saturated heterocycles. The van der Waals surface area contributed by atoms with E-state index >= 15 is 0 Å². The van der Waals surface area contributed by atoms with E-state index in [-0.39, 0.29) is 16.8 Å². The highest BCUT2D eigenvalue weighted by molar-refractivity contribution is 7.99. The fourth-order valence-electron chi connectivity index (χ4n) is 1.82. The van der Waals surface area contributed by atoms with Crippen molar-refractivity contribution in [1.29, 1.82) is 0 Å². The van der Waals surface area contributed by atoms with Gasteiger partial charge in [-0.25, -0.2) is 10.1 Å². The van der Waals surface area contributed by atoms with E-state index in [9.17, 15) is 4.79 Å². The molecule has 0 saturated carbocycles. The van der Waals surface area contributed by atoms with Crippen LogP contribution in [0.1, 0.15) is 18.0 Å². The van der Waals surface area contributed by atoms with E-state index in [1.165, 1.54) is 11.8 Å². The predicted octanol–water partition coefficient (Wildman–Crippen LogP) is 1.48. The summed E-state index contributed by atoms with van der Waals surface area (Å²) in [5.41, 5.74) is 6.00. The van der Waals surface area contributed by atoms with Crippen molar-refractivity contribution >= 4 is 28.6 Å². The Hall–Kier alpha value is -2.35. The number of H-pyrrole nitrogens is 2. The van der Waals surface area contributed by atoms with Crippen LogP contribution in [0.4, 0.5) is 5.95 Å². The third kappa shape index (κ3) is 2.37. The van der Waals surface area contributed by atoms with Crippen LogP contribution in [-0.4, -0.2) is 25.1 Å². The number of aromatic nitrogens is 5. The third-order valence-electron chi connectivity index (χ3n) is 2.78. The maximum Gasteiger partial charge on any atom is 0.258 e. The van der Waals surface area contributed by atoms with E-state index in [1.807, 2.05) is 25.1 Å². The van der Waals surface area contributed by atoms with E-state index in [0.29, 0.717) is 21.9 Å². The van der Waals surface area contributed by atoms with E-state index in [4.69, 9.17) is 5.73 Å². The normalized spacial score (nSPS) is 12.7. The summed E-state index contributed by atoms with van der Waals surface area (Å²) in [7, 11) is 0. The molecule has 2 aromatic heterocycles. The molecule has 0 spiro atoms. The van der Waals surface area contributed by atoms with Crippen molar-refractivity contribution in [3.8, 4) is 0 Å². The highest BCUT2D eigenvalue weighted by atomic mass is 32.2. The van der Waals surface area contributed by atoms with Crippen LogP contribution in [0, 0.1) is 0 Å². The Balaban J connectivity index is 1.95. The van der Waals surface area contributed by atoms with E-state index in [1.54, 1.807) is 6.07 Å². The second-order valence-corrected chi connectivity index (χ2v) is 5.54. The lowest BCUT2D eigenvalue weighted by Gasteiger charge is -2.08. The minimum absolute atomic E-state index is 0.0949. The van der Waals surface area contributed by atoms with E-state index in [2.05, 4.69) is 25.1 Å². The molecule has 1 atom stereocenters. The fourth-order valence-corrected chi connectivity index (χ4v) is 2.61. The zero-order valence-electron chi connectivity index (χ0n) is 10.6. The summed E-state index contributed by atoms with van der Waals surface area (Å²) >= 11 is 1.37. The molecule has 0 aliphatic carbocycles. The lowest BCUT2D eigenvalue weighted by molar-refractivity contribution is 0.904. The van der Waals surface area contributed by atoms with Gasteiger partial charge in [-0.05, 0) is 19.1 Å². The van der Waals surface area contributed by atoms with Crippen molar-refractivity contribution in [1.82, 2.24) is 25.1 Å². The molecular formula is C12H12N6OS. The summed E-state index contributed by atoms with van der Waals surface area (Å²) in [6.45, 7) is 1.92. The molecule has 7 nitrogen and oxygen atoms in total. The van der Waals surface area contributed by atoms with Crippen LogP contribution in [0.3, 0.4) is 0 Å². The standard InChI is InChI=1S/C12H12N6OS/c1-6(20-12-16-11(13)17-18-12)9-14-8-5-3-2-4-7(8)10(19)15-9/h2-6H,1H3,(H,14,15,19)(H3,13,16,17,18)/t6-/m1/s1. The summed E-state index contributed by atoms with van der Waals surface area (Å²) in [4.78, 5) is 23.3. The van der Waals surface area contributed by atoms with Gasteiger partial charge in [-0.15, -0.1) is 5.10 Å². The van der Waals surface area contributed by atoms with Gasteiger partial charge in [-0.3, -0.25) is 4.79 Å². The van der Waals surface area contributed by atoms with Gasteiger partial charge in [-0.1, -0.05) is 23.9 Å². The van der Waals surface area contributed by atoms with Gasteiger partial charge >= 0.3 is 0 Å². The molecule has 3 aromatic rings. The molecule has 0 aliphatic rings. The number of fused-ring (bicyclic) bond motifs is 1. The number of benzene rings is 1. The molecular weight excluding hydrogens is 276 g/mol. The molecule has 1 aromatic carbocycles. The molecule has 0 unspecified atom stereocenters. The lowest BCUT2D eigenvalue weighted by Crippen LogP contribution is -2.12. The first-order chi connectivity index (χ1) is 9.63. The first kappa shape index (κ1) is 12.7. The van der Waals surface area contributed by atoms with Crippen LogP contribution in [0.25, 0.3) is 10.9 Å². The smallest absolute Gasteiger partial charge is 0.258 e. The summed E-state index contributed by atoms with van der Waals surface area (Å²) in [6, 6.07) is 7.23. The average molecular weight is 288 g/mol. The number of para-hydroxylation sites is 1. The van der Waals surface area contributed by atoms with Gasteiger partial charge < -0.3 is 10.7 Å². The number of hydrogen-bond donors (Lipinski definition) is 3. The Kier molecular flexibility index (Phi) is 3.15. The Morgan fingerprint density at radius 2 is 2.10 bits per heavy atom. The highest BCUT2D eigenvalue weighted by Crippen LogP contribution is 2.30. The first-order valence-electron chi connectivity index (χ1n) is 5.97. The number of nitrogens with one attached hydrogen (secondary N) is 2. The summed E-state index contributed by atoms with van der Waals surface area (Å²) in [5, 5.41) is 7.52. The maximum absolute atomic E-state index is 12.0. The first-order valence-corrected chi connectivity index (χ1v) is 6.85. The Morgan fingerprint density at radius 3 is 2.85 bits per heavy atom. The summed E-state index contributed by atoms with van der Waals surface area (Å²) in [5.74, 6) is 0.849. The van der Waals surface area contributed by atoms with Crippen molar-refractivity contribution in [2.24, 2.45) is 0 Å². The minimum Gasteiger partial charge on any atom is -0.368 e. The number of thioether (sulfide) groups is 1. The van der Waals surface area contributed by atoms with Crippen LogP contribution in [0.15, 0.2) is 34.2 Å². The Morgan fingerprint density at radius 1 is 1.30 bits per heavy atom. The highest BCUT2D eigenvalue weighted by Gasteiger charge is 2.14. The zero-order chi connectivity index (χ0) is 14.1. The Bertz CT molecular complexity index is 811. The topological polar surface area (TPSA) is 113 Å². The van der Waals surface area contributed by atoms with Crippen LogP contribution in [0.2, 0.25) is 0 Å². The van der Waals surface area contributed by atoms with Gasteiger partial charge in [0.25, 0.3) is 5.56 Å². The second kappa shape index (κ2) is 4.97. The average Bonchev–Trinajstić information content (AvgIpc) is 2.84. The van der Waals surface area contributed by atoms with Gasteiger partial charge in [0.1, 0.15) is 5.82 Å². The predicted molar refractivity (Wildman–Crippen MR) is 77.4 cm³/mol. The number of hydrogen-bond acceptors (Lipinski definition) is 6. The number of nitrogens with two attached hydrogens (primary N) is 1. The lowest BCUT2D eigenvalue weighted by atomic mass is 10.2. The van der Waals surface area contributed by atoms with Crippen molar-refractivity contribution in [3.05, 3.63) is 40.4 Å². The van der Waals surface area contributed by atoms with Crippen LogP contribution in [-0.2, 0) is 0 Å². The molecule has 2 heterocycles. The zero-order valence-corrected chi connectivity index (χ0v) is 11.4. The van der Waals surface area contributed by atoms with Gasteiger partial charge in [0.15, 0.2) is 0 Å². The van der Waals surface area contributed by atoms with Crippen LogP contribution in [0.5, 0.6) is 0 Å². The van der Waals surface area contributed by atoms with Gasteiger partial charge in [-0.2, -0.15) is 4.98 Å². The molecule has 102 valence electrons. The number of nitrogen functional groups attached to an aromatic ring is 1. The SMILES string of the molecule is C[C@@H](Sc1n[nH]c(N)n1)c1nc2ccccc2c(=O)[nH]1. The molecule has 20 heavy (non-hydrogen) atoms. The number of aromatic amines is 2. The number of nitrogens with zero attached hydrogens (tertiary/aromatic N) is 3.